The van der Waals surface area contributed by atoms with Crippen molar-refractivity contribution < 1.29 is 9.84 Å². The molecule has 0 bridgehead atoms. The lowest BCUT2D eigenvalue weighted by Crippen LogP contribution is -2.06. The molecule has 25 heavy (non-hydrogen) atoms. The predicted molar refractivity (Wildman–Crippen MR) is 105 cm³/mol. The monoisotopic (exact) mass is 357 g/mol. The maximum atomic E-state index is 9.46. The Labute approximate surface area is 152 Å². The Hall–Kier alpha value is -2.31. The van der Waals surface area contributed by atoms with Crippen LogP contribution in [-0.2, 0) is 12.4 Å². The van der Waals surface area contributed by atoms with Gasteiger partial charge in [-0.3, -0.25) is 0 Å². The zero-order chi connectivity index (χ0) is 17.9. The molecular weight excluding hydrogens is 334 g/mol. The van der Waals surface area contributed by atoms with Gasteiger partial charge >= 0.3 is 0 Å². The van der Waals surface area contributed by atoms with Gasteiger partial charge in [0.05, 0.1) is 19.4 Å². The van der Waals surface area contributed by atoms with E-state index in [2.05, 4.69) is 10.2 Å². The molecule has 0 saturated carbocycles. The number of amidine groups is 1. The van der Waals surface area contributed by atoms with Crippen LogP contribution in [0.25, 0.3) is 0 Å². The van der Waals surface area contributed by atoms with Crippen molar-refractivity contribution in [2.75, 3.05) is 6.61 Å². The van der Waals surface area contributed by atoms with Gasteiger partial charge < -0.3 is 15.6 Å². The summed E-state index contributed by atoms with van der Waals surface area (Å²) in [4.78, 5) is 0. The summed E-state index contributed by atoms with van der Waals surface area (Å²) in [6.45, 7) is 2.58. The molecule has 2 aromatic carbocycles. The molecule has 0 fully saturated rings. The van der Waals surface area contributed by atoms with Crippen molar-refractivity contribution in [3.8, 4) is 5.75 Å². The molecule has 0 aliphatic heterocycles. The number of benzene rings is 2. The average molecular weight is 357 g/mol. The first kappa shape index (κ1) is 19.0. The Bertz CT molecular complexity index is 718. The van der Waals surface area contributed by atoms with Crippen molar-refractivity contribution in [3.05, 3.63) is 65.2 Å². The van der Waals surface area contributed by atoms with Gasteiger partial charge in [-0.05, 0) is 35.7 Å². The molecule has 0 aliphatic carbocycles. The quantitative estimate of drug-likeness (QED) is 0.430. The Kier molecular flexibility index (Phi) is 8.01. The largest absolute Gasteiger partial charge is 0.493 e. The molecule has 0 radical (unpaired) electrons. The molecule has 2 rings (SSSR count). The van der Waals surface area contributed by atoms with Crippen LogP contribution in [0.15, 0.2) is 58.7 Å². The normalized spacial score (nSPS) is 11.8. The van der Waals surface area contributed by atoms with Crippen LogP contribution in [0.3, 0.4) is 0 Å². The van der Waals surface area contributed by atoms with E-state index in [-0.39, 0.29) is 6.61 Å². The molecule has 0 unspecified atom stereocenters. The molecule has 2 aromatic rings. The predicted octanol–water partition coefficient (Wildman–Crippen LogP) is 3.55. The van der Waals surface area contributed by atoms with E-state index in [9.17, 15) is 5.11 Å². The summed E-state index contributed by atoms with van der Waals surface area (Å²) < 4.78 is 5.59. The molecule has 6 heteroatoms. The van der Waals surface area contributed by atoms with E-state index in [1.165, 1.54) is 17.3 Å². The van der Waals surface area contributed by atoms with Crippen LogP contribution in [0.4, 0.5) is 0 Å². The van der Waals surface area contributed by atoms with Crippen LogP contribution in [0.2, 0.25) is 0 Å². The summed E-state index contributed by atoms with van der Waals surface area (Å²) in [6.07, 6.45) is 2.53. The van der Waals surface area contributed by atoms with E-state index >= 15 is 0 Å². The lowest BCUT2D eigenvalue weighted by Gasteiger charge is -2.09. The van der Waals surface area contributed by atoms with Crippen molar-refractivity contribution in [1.82, 2.24) is 0 Å². The number of aliphatic hydroxyl groups is 1. The Morgan fingerprint density at radius 3 is 2.76 bits per heavy atom. The summed E-state index contributed by atoms with van der Waals surface area (Å²) in [7, 11) is 0. The first-order valence-corrected chi connectivity index (χ1v) is 9.11. The third-order valence-corrected chi connectivity index (χ3v) is 4.16. The minimum Gasteiger partial charge on any atom is -0.493 e. The highest BCUT2D eigenvalue weighted by molar-refractivity contribution is 8.13. The first-order valence-electron chi connectivity index (χ1n) is 8.12. The molecular formula is C19H23N3O2S. The lowest BCUT2D eigenvalue weighted by atomic mass is 10.1. The molecule has 0 saturated heterocycles. The van der Waals surface area contributed by atoms with Crippen LogP contribution in [0.5, 0.6) is 5.75 Å². The number of hydrogen-bond donors (Lipinski definition) is 2. The number of nitrogens with two attached hydrogens (primary N) is 1. The molecule has 0 aliphatic rings. The molecule has 132 valence electrons. The molecule has 0 aromatic heterocycles. The maximum Gasteiger partial charge on any atom is 0.180 e. The van der Waals surface area contributed by atoms with Crippen LogP contribution in [0, 0.1) is 0 Å². The van der Waals surface area contributed by atoms with E-state index in [1.807, 2.05) is 55.5 Å². The summed E-state index contributed by atoms with van der Waals surface area (Å²) >= 11 is 1.44. The third kappa shape index (κ3) is 6.60. The van der Waals surface area contributed by atoms with E-state index in [1.54, 1.807) is 6.21 Å². The van der Waals surface area contributed by atoms with Crippen LogP contribution < -0.4 is 10.5 Å². The van der Waals surface area contributed by atoms with Crippen LogP contribution >= 0.6 is 11.8 Å². The minimum atomic E-state index is -0.0843. The van der Waals surface area contributed by atoms with Gasteiger partial charge in [0.15, 0.2) is 5.17 Å². The molecule has 0 atom stereocenters. The van der Waals surface area contributed by atoms with E-state index in [4.69, 9.17) is 10.5 Å². The van der Waals surface area contributed by atoms with Gasteiger partial charge in [-0.15, -0.1) is 5.10 Å². The SMILES string of the molecule is CCCOc1ccc(C=NN=C(N)SCc2ccccc2)cc1CO. The molecule has 0 heterocycles. The third-order valence-electron chi connectivity index (χ3n) is 3.31. The topological polar surface area (TPSA) is 80.2 Å². The van der Waals surface area contributed by atoms with Gasteiger partial charge in [0, 0.05) is 11.3 Å². The number of rotatable bonds is 8. The van der Waals surface area contributed by atoms with Gasteiger partial charge in [-0.25, -0.2) is 0 Å². The van der Waals surface area contributed by atoms with Crippen molar-refractivity contribution >= 4 is 23.1 Å². The molecule has 0 spiro atoms. The molecule has 3 N–H and O–H groups in total. The van der Waals surface area contributed by atoms with E-state index in [0.29, 0.717) is 17.5 Å². The Morgan fingerprint density at radius 2 is 2.04 bits per heavy atom. The van der Waals surface area contributed by atoms with E-state index < -0.39 is 0 Å². The van der Waals surface area contributed by atoms with Crippen molar-refractivity contribution in [3.63, 3.8) is 0 Å². The van der Waals surface area contributed by atoms with Gasteiger partial charge in [0.1, 0.15) is 5.75 Å². The highest BCUT2D eigenvalue weighted by atomic mass is 32.2. The van der Waals surface area contributed by atoms with Gasteiger partial charge in [-0.1, -0.05) is 49.0 Å². The summed E-state index contributed by atoms with van der Waals surface area (Å²) in [6, 6.07) is 15.6. The molecule has 0 amide bonds. The number of nitrogens with zero attached hydrogens (tertiary/aromatic N) is 2. The number of aliphatic hydroxyl groups excluding tert-OH is 1. The second kappa shape index (κ2) is 10.5. The van der Waals surface area contributed by atoms with E-state index in [0.717, 1.165) is 23.3 Å². The van der Waals surface area contributed by atoms with Crippen molar-refractivity contribution in [2.45, 2.75) is 25.7 Å². The zero-order valence-electron chi connectivity index (χ0n) is 14.3. The second-order valence-corrected chi connectivity index (χ2v) is 6.33. The second-order valence-electron chi connectivity index (χ2n) is 5.33. The first-order chi connectivity index (χ1) is 12.2. The number of hydrogen-bond acceptors (Lipinski definition) is 5. The van der Waals surface area contributed by atoms with Crippen LogP contribution in [0.1, 0.15) is 30.0 Å². The maximum absolute atomic E-state index is 9.46. The van der Waals surface area contributed by atoms with Gasteiger partial charge in [-0.2, -0.15) is 5.10 Å². The summed E-state index contributed by atoms with van der Waals surface area (Å²) in [5.74, 6) is 1.45. The smallest absolute Gasteiger partial charge is 0.180 e. The molecule has 5 nitrogen and oxygen atoms in total. The lowest BCUT2D eigenvalue weighted by molar-refractivity contribution is 0.263. The summed E-state index contributed by atoms with van der Waals surface area (Å²) in [5, 5.41) is 17.9. The Morgan fingerprint density at radius 1 is 1.24 bits per heavy atom. The van der Waals surface area contributed by atoms with Crippen LogP contribution in [-0.4, -0.2) is 23.1 Å². The fourth-order valence-electron chi connectivity index (χ4n) is 2.07. The van der Waals surface area contributed by atoms with Crippen molar-refractivity contribution in [2.24, 2.45) is 15.9 Å². The standard InChI is InChI=1S/C19H23N3O2S/c1-2-10-24-18-9-8-16(11-17(18)13-23)12-21-22-19(20)25-14-15-6-4-3-5-7-15/h3-9,11-12,23H,2,10,13-14H2,1H3,(H2,20,22). The fourth-order valence-corrected chi connectivity index (χ4v) is 2.68. The zero-order valence-corrected chi connectivity index (χ0v) is 15.1. The average Bonchev–Trinajstić information content (AvgIpc) is 2.66. The highest BCUT2D eigenvalue weighted by Gasteiger charge is 2.03. The Balaban J connectivity index is 1.93. The minimum absolute atomic E-state index is 0.0843. The highest BCUT2D eigenvalue weighted by Crippen LogP contribution is 2.20. The van der Waals surface area contributed by atoms with Gasteiger partial charge in [0.25, 0.3) is 0 Å². The summed E-state index contributed by atoms with van der Waals surface area (Å²) in [5.41, 5.74) is 8.61. The van der Waals surface area contributed by atoms with Crippen molar-refractivity contribution in [1.29, 1.82) is 0 Å². The number of thioether (sulfide) groups is 1. The number of ether oxygens (including phenoxy) is 1. The fraction of sp³-hybridized carbons (Fsp3) is 0.263. The van der Waals surface area contributed by atoms with Gasteiger partial charge in [0.2, 0.25) is 0 Å².